The Hall–Kier alpha value is -3.82. The van der Waals surface area contributed by atoms with Crippen LogP contribution >= 0.6 is 24.0 Å². The minimum Gasteiger partial charge on any atom is -0.493 e. The van der Waals surface area contributed by atoms with Crippen molar-refractivity contribution in [1.29, 1.82) is 5.26 Å². The molecule has 0 bridgehead atoms. The van der Waals surface area contributed by atoms with E-state index >= 15 is 0 Å². The second-order valence-corrected chi connectivity index (χ2v) is 11.4. The van der Waals surface area contributed by atoms with Crippen molar-refractivity contribution in [2.24, 2.45) is 0 Å². The SMILES string of the molecule is CCCn1c(NCCc2ccc(OC)c(OC)c2)c(/C=C2/SC(=S)N(CCCCCC(=O)O)C2=O)c(C)c(C#N)c1=O. The zero-order chi connectivity index (χ0) is 30.8. The molecule has 0 spiro atoms. The molecule has 0 aliphatic carbocycles. The standard InChI is InChI=1S/C30H36N4O6S2/c1-5-14-33-27(32-13-12-20-10-11-23(39-3)24(16-20)40-4)21(19(2)22(18-31)28(33)37)17-25-29(38)34(30(41)42-25)15-8-6-7-9-26(35)36/h10-11,16-17,32H,5-9,12-15H2,1-4H3,(H,35,36)/b25-17+. The normalized spacial score (nSPS) is 13.9. The van der Waals surface area contributed by atoms with Crippen LogP contribution in [0.5, 0.6) is 11.5 Å². The van der Waals surface area contributed by atoms with Gasteiger partial charge in [-0.25, -0.2) is 0 Å². The molecular formula is C30H36N4O6S2. The first-order chi connectivity index (χ1) is 20.2. The smallest absolute Gasteiger partial charge is 0.303 e. The van der Waals surface area contributed by atoms with Gasteiger partial charge in [0.15, 0.2) is 11.5 Å². The maximum atomic E-state index is 13.3. The van der Waals surface area contributed by atoms with Crippen molar-refractivity contribution in [2.45, 2.75) is 58.9 Å². The lowest BCUT2D eigenvalue weighted by Gasteiger charge is -2.20. The summed E-state index contributed by atoms with van der Waals surface area (Å²) < 4.78 is 12.7. The molecule has 2 aromatic rings. The lowest BCUT2D eigenvalue weighted by atomic mass is 10.0. The molecule has 0 atom stereocenters. The third kappa shape index (κ3) is 7.72. The Morgan fingerprint density at radius 3 is 2.55 bits per heavy atom. The van der Waals surface area contributed by atoms with Crippen molar-refractivity contribution >= 4 is 52.1 Å². The van der Waals surface area contributed by atoms with Crippen LogP contribution in [-0.4, -0.2) is 58.1 Å². The van der Waals surface area contributed by atoms with Crippen LogP contribution in [0, 0.1) is 18.3 Å². The van der Waals surface area contributed by atoms with E-state index in [4.69, 9.17) is 26.8 Å². The van der Waals surface area contributed by atoms with E-state index in [2.05, 4.69) is 11.4 Å². The van der Waals surface area contributed by atoms with Gasteiger partial charge in [0.1, 0.15) is 21.8 Å². The van der Waals surface area contributed by atoms with Gasteiger partial charge in [0.05, 0.1) is 19.1 Å². The van der Waals surface area contributed by atoms with Crippen molar-refractivity contribution in [3.8, 4) is 17.6 Å². The molecule has 1 aliphatic heterocycles. The summed E-state index contributed by atoms with van der Waals surface area (Å²) in [6.07, 6.45) is 4.93. The highest BCUT2D eigenvalue weighted by molar-refractivity contribution is 8.26. The first-order valence-electron chi connectivity index (χ1n) is 13.8. The minimum atomic E-state index is -0.840. The van der Waals surface area contributed by atoms with Crippen LogP contribution in [0.4, 0.5) is 5.82 Å². The summed E-state index contributed by atoms with van der Waals surface area (Å²) in [5, 5.41) is 22.1. The number of carbonyl (C=O) groups is 2. The molecule has 2 heterocycles. The van der Waals surface area contributed by atoms with Gasteiger partial charge in [0.2, 0.25) is 0 Å². The molecule has 42 heavy (non-hydrogen) atoms. The number of carbonyl (C=O) groups excluding carboxylic acids is 1. The van der Waals surface area contributed by atoms with Gasteiger partial charge in [-0.15, -0.1) is 0 Å². The van der Waals surface area contributed by atoms with Crippen molar-refractivity contribution in [3.05, 3.63) is 55.7 Å². The number of thiocarbonyl (C=S) groups is 1. The van der Waals surface area contributed by atoms with Gasteiger partial charge in [0, 0.05) is 31.6 Å². The molecule has 1 aromatic heterocycles. The fourth-order valence-electron chi connectivity index (χ4n) is 4.70. The van der Waals surface area contributed by atoms with Gasteiger partial charge < -0.3 is 19.9 Å². The third-order valence-corrected chi connectivity index (χ3v) is 8.28. The van der Waals surface area contributed by atoms with Crippen LogP contribution in [0.15, 0.2) is 27.9 Å². The number of thioether (sulfide) groups is 1. The molecule has 3 rings (SSSR count). The molecule has 0 radical (unpaired) electrons. The van der Waals surface area contributed by atoms with E-state index in [1.165, 1.54) is 16.7 Å². The minimum absolute atomic E-state index is 0.0362. The van der Waals surface area contributed by atoms with Gasteiger partial charge >= 0.3 is 5.97 Å². The molecule has 10 nitrogen and oxygen atoms in total. The second-order valence-electron chi connectivity index (χ2n) is 9.73. The fourth-order valence-corrected chi connectivity index (χ4v) is 5.99. The molecule has 0 saturated carbocycles. The number of carboxylic acids is 1. The van der Waals surface area contributed by atoms with Crippen molar-refractivity contribution in [2.75, 3.05) is 32.6 Å². The summed E-state index contributed by atoms with van der Waals surface area (Å²) in [6.45, 7) is 4.93. The molecule has 12 heteroatoms. The largest absolute Gasteiger partial charge is 0.493 e. The van der Waals surface area contributed by atoms with E-state index in [1.54, 1.807) is 31.8 Å². The topological polar surface area (TPSA) is 134 Å². The first-order valence-corrected chi connectivity index (χ1v) is 15.0. The number of nitriles is 1. The number of carboxylic acid groups (broad SMARTS) is 1. The summed E-state index contributed by atoms with van der Waals surface area (Å²) in [6, 6.07) is 7.74. The van der Waals surface area contributed by atoms with Crippen LogP contribution < -0.4 is 20.3 Å². The average Bonchev–Trinajstić information content (AvgIpc) is 3.23. The van der Waals surface area contributed by atoms with Crippen molar-refractivity contribution in [3.63, 3.8) is 0 Å². The summed E-state index contributed by atoms with van der Waals surface area (Å²) in [5.74, 6) is 0.710. The number of anilines is 1. The van der Waals surface area contributed by atoms with E-state index in [9.17, 15) is 19.6 Å². The van der Waals surface area contributed by atoms with Gasteiger partial charge in [-0.3, -0.25) is 23.9 Å². The van der Waals surface area contributed by atoms with Crippen molar-refractivity contribution < 1.29 is 24.2 Å². The highest BCUT2D eigenvalue weighted by atomic mass is 32.2. The van der Waals surface area contributed by atoms with E-state index in [0.29, 0.717) is 89.4 Å². The fraction of sp³-hybridized carbons (Fsp3) is 0.433. The van der Waals surface area contributed by atoms with Crippen LogP contribution in [0.3, 0.4) is 0 Å². The Morgan fingerprint density at radius 2 is 1.90 bits per heavy atom. The van der Waals surface area contributed by atoms with E-state index in [-0.39, 0.29) is 23.5 Å². The van der Waals surface area contributed by atoms with E-state index < -0.39 is 5.97 Å². The number of methoxy groups -OCH3 is 2. The number of pyridine rings is 1. The Balaban J connectivity index is 1.92. The number of nitrogens with zero attached hydrogens (tertiary/aromatic N) is 3. The molecular weight excluding hydrogens is 576 g/mol. The summed E-state index contributed by atoms with van der Waals surface area (Å²) in [7, 11) is 3.16. The highest BCUT2D eigenvalue weighted by Gasteiger charge is 2.32. The molecule has 0 unspecified atom stereocenters. The number of aromatic nitrogens is 1. The lowest BCUT2D eigenvalue weighted by Crippen LogP contribution is -2.29. The molecule has 224 valence electrons. The Morgan fingerprint density at radius 1 is 1.17 bits per heavy atom. The van der Waals surface area contributed by atoms with Crippen LogP contribution in [0.2, 0.25) is 0 Å². The number of hydrogen-bond donors (Lipinski definition) is 2. The second kappa shape index (κ2) is 15.4. The first kappa shape index (κ1) is 32.7. The Labute approximate surface area is 255 Å². The predicted octanol–water partition coefficient (Wildman–Crippen LogP) is 4.96. The summed E-state index contributed by atoms with van der Waals surface area (Å²) in [4.78, 5) is 39.3. The maximum absolute atomic E-state index is 13.3. The van der Waals surface area contributed by atoms with E-state index in [0.717, 1.165) is 5.56 Å². The van der Waals surface area contributed by atoms with Crippen LogP contribution in [0.25, 0.3) is 6.08 Å². The number of unbranched alkanes of at least 4 members (excludes halogenated alkanes) is 2. The predicted molar refractivity (Wildman–Crippen MR) is 168 cm³/mol. The highest BCUT2D eigenvalue weighted by Crippen LogP contribution is 2.35. The number of rotatable bonds is 15. The number of hydrogen-bond acceptors (Lipinski definition) is 9. The summed E-state index contributed by atoms with van der Waals surface area (Å²) >= 11 is 6.66. The van der Waals surface area contributed by atoms with Gasteiger partial charge in [-0.2, -0.15) is 5.26 Å². The molecule has 1 aliphatic rings. The molecule has 1 saturated heterocycles. The maximum Gasteiger partial charge on any atom is 0.303 e. The number of ether oxygens (including phenoxy) is 2. The Kier molecular flexibility index (Phi) is 12.0. The Bertz CT molecular complexity index is 1480. The van der Waals surface area contributed by atoms with Gasteiger partial charge in [0.25, 0.3) is 11.5 Å². The quantitative estimate of drug-likeness (QED) is 0.162. The number of benzene rings is 1. The third-order valence-electron chi connectivity index (χ3n) is 6.90. The molecule has 2 N–H and O–H groups in total. The van der Waals surface area contributed by atoms with E-state index in [1.807, 2.05) is 25.1 Å². The van der Waals surface area contributed by atoms with Crippen LogP contribution in [-0.2, 0) is 22.6 Å². The monoisotopic (exact) mass is 612 g/mol. The number of aliphatic carboxylic acids is 1. The molecule has 1 fully saturated rings. The zero-order valence-corrected chi connectivity index (χ0v) is 26.0. The van der Waals surface area contributed by atoms with Crippen molar-refractivity contribution in [1.82, 2.24) is 9.47 Å². The average molecular weight is 613 g/mol. The lowest BCUT2D eigenvalue weighted by molar-refractivity contribution is -0.137. The zero-order valence-electron chi connectivity index (χ0n) is 24.3. The van der Waals surface area contributed by atoms with Gasteiger partial charge in [-0.05, 0) is 61.9 Å². The number of amides is 1. The van der Waals surface area contributed by atoms with Gasteiger partial charge in [-0.1, -0.05) is 43.4 Å². The van der Waals surface area contributed by atoms with Crippen LogP contribution in [0.1, 0.15) is 61.3 Å². The molecule has 1 aromatic carbocycles. The molecule has 1 amide bonds. The summed E-state index contributed by atoms with van der Waals surface area (Å²) in [5.41, 5.74) is 1.74. The number of nitrogens with one attached hydrogen (secondary N) is 1.